The molecule has 3 aromatic rings. The van der Waals surface area contributed by atoms with Gasteiger partial charge in [-0.15, -0.1) is 17.9 Å². The summed E-state index contributed by atoms with van der Waals surface area (Å²) in [6.45, 7) is 9.12. The molecule has 1 aromatic carbocycles. The third-order valence-electron chi connectivity index (χ3n) is 5.33. The molecule has 1 unspecified atom stereocenters. The molecule has 0 spiro atoms. The fourth-order valence-corrected chi connectivity index (χ4v) is 5.59. The molecule has 0 aliphatic carbocycles. The number of benzene rings is 1. The number of thioether (sulfide) groups is 1. The number of hydrogen-bond acceptors (Lipinski definition) is 5. The lowest BCUT2D eigenvalue weighted by molar-refractivity contribution is -0.0543. The smallest absolute Gasteiger partial charge is 0.263 e. The fourth-order valence-electron chi connectivity index (χ4n) is 3.48. The Labute approximate surface area is 173 Å². The number of hydrogen-bond donors (Lipinski definition) is 0. The Morgan fingerprint density at radius 1 is 1.39 bits per heavy atom. The highest BCUT2D eigenvalue weighted by molar-refractivity contribution is 7.98. The lowest BCUT2D eigenvalue weighted by Gasteiger charge is -2.32. The van der Waals surface area contributed by atoms with E-state index in [0.29, 0.717) is 13.2 Å². The van der Waals surface area contributed by atoms with E-state index in [-0.39, 0.29) is 11.2 Å². The van der Waals surface area contributed by atoms with Gasteiger partial charge in [0.15, 0.2) is 5.16 Å². The Morgan fingerprint density at radius 2 is 2.18 bits per heavy atom. The molecule has 28 heavy (non-hydrogen) atoms. The summed E-state index contributed by atoms with van der Waals surface area (Å²) in [6.07, 6.45) is 3.45. The van der Waals surface area contributed by atoms with Gasteiger partial charge in [0, 0.05) is 23.6 Å². The predicted molar refractivity (Wildman–Crippen MR) is 117 cm³/mol. The average Bonchev–Trinajstić information content (AvgIpc) is 3.07. The highest BCUT2D eigenvalue weighted by atomic mass is 32.2. The molecule has 0 saturated carbocycles. The summed E-state index contributed by atoms with van der Waals surface area (Å²) in [7, 11) is 0. The number of fused-ring (bicyclic) bond motifs is 3. The van der Waals surface area contributed by atoms with Crippen LogP contribution < -0.4 is 5.56 Å². The molecule has 6 heteroatoms. The quantitative estimate of drug-likeness (QED) is 0.318. The van der Waals surface area contributed by atoms with Crippen molar-refractivity contribution in [2.45, 2.75) is 56.4 Å². The first-order chi connectivity index (χ1) is 13.5. The van der Waals surface area contributed by atoms with Crippen LogP contribution in [0.3, 0.4) is 0 Å². The lowest BCUT2D eigenvalue weighted by Crippen LogP contribution is -2.34. The largest absolute Gasteiger partial charge is 0.369 e. The number of allylic oxidation sites excluding steroid dienone is 1. The van der Waals surface area contributed by atoms with Crippen LogP contribution in [-0.4, -0.2) is 15.2 Å². The summed E-state index contributed by atoms with van der Waals surface area (Å²) in [5, 5.41) is 1.52. The van der Waals surface area contributed by atoms with Crippen LogP contribution in [0.5, 0.6) is 0 Å². The van der Waals surface area contributed by atoms with E-state index in [9.17, 15) is 4.79 Å². The van der Waals surface area contributed by atoms with E-state index >= 15 is 0 Å². The van der Waals surface area contributed by atoms with Gasteiger partial charge in [-0.25, -0.2) is 4.98 Å². The molecule has 2 aromatic heterocycles. The average molecular weight is 413 g/mol. The molecular formula is C22H24N2O2S2. The van der Waals surface area contributed by atoms with Gasteiger partial charge in [-0.2, -0.15) is 0 Å². The molecule has 146 valence electrons. The van der Waals surface area contributed by atoms with Crippen molar-refractivity contribution in [1.29, 1.82) is 0 Å². The summed E-state index contributed by atoms with van der Waals surface area (Å²) in [5.74, 6) is 0.776. The highest BCUT2D eigenvalue weighted by Gasteiger charge is 2.33. The van der Waals surface area contributed by atoms with E-state index in [2.05, 4.69) is 32.6 Å². The summed E-state index contributed by atoms with van der Waals surface area (Å²) in [5.41, 5.74) is 2.17. The van der Waals surface area contributed by atoms with Gasteiger partial charge in [-0.1, -0.05) is 55.1 Å². The van der Waals surface area contributed by atoms with Gasteiger partial charge in [-0.3, -0.25) is 9.36 Å². The van der Waals surface area contributed by atoms with Crippen molar-refractivity contribution in [2.75, 3.05) is 0 Å². The normalized spacial score (nSPS) is 18.9. The van der Waals surface area contributed by atoms with Gasteiger partial charge in [-0.05, 0) is 24.5 Å². The Bertz CT molecular complexity index is 1070. The third kappa shape index (κ3) is 3.56. The van der Waals surface area contributed by atoms with Gasteiger partial charge in [0.1, 0.15) is 4.83 Å². The van der Waals surface area contributed by atoms with Crippen molar-refractivity contribution >= 4 is 33.3 Å². The number of ether oxygens (including phenoxy) is 1. The number of nitrogens with zero attached hydrogens (tertiary/aromatic N) is 2. The molecule has 0 amide bonds. The van der Waals surface area contributed by atoms with Gasteiger partial charge in [0.05, 0.1) is 17.6 Å². The van der Waals surface area contributed by atoms with E-state index < -0.39 is 0 Å². The van der Waals surface area contributed by atoms with Crippen LogP contribution in [0.25, 0.3) is 10.2 Å². The van der Waals surface area contributed by atoms with Crippen LogP contribution in [0, 0.1) is 0 Å². The van der Waals surface area contributed by atoms with Crippen LogP contribution in [0.1, 0.15) is 36.3 Å². The zero-order valence-electron chi connectivity index (χ0n) is 16.2. The highest BCUT2D eigenvalue weighted by Crippen LogP contribution is 2.39. The van der Waals surface area contributed by atoms with Crippen molar-refractivity contribution in [3.8, 4) is 0 Å². The zero-order chi connectivity index (χ0) is 19.7. The molecule has 4 nitrogen and oxygen atoms in total. The molecule has 1 aliphatic rings. The van der Waals surface area contributed by atoms with E-state index in [1.54, 1.807) is 33.7 Å². The van der Waals surface area contributed by atoms with Crippen LogP contribution >= 0.6 is 23.1 Å². The predicted octanol–water partition coefficient (Wildman–Crippen LogP) is 5.18. The van der Waals surface area contributed by atoms with Gasteiger partial charge in [0.25, 0.3) is 5.56 Å². The fraction of sp³-hybridized carbons (Fsp3) is 0.364. The minimum Gasteiger partial charge on any atom is -0.369 e. The molecule has 0 fully saturated rings. The second-order valence-electron chi connectivity index (χ2n) is 7.33. The first-order valence-corrected chi connectivity index (χ1v) is 11.3. The Kier molecular flexibility index (Phi) is 5.45. The van der Waals surface area contributed by atoms with Crippen LogP contribution in [0.2, 0.25) is 0 Å². The molecule has 1 atom stereocenters. The standard InChI is InChI=1S/C22H24N2O2S2/c1-4-11-24-20(25)18-16-12-22(3,5-2)26-13-17(16)28-19(18)23-21(24)27-14-15-9-7-6-8-10-15/h4,6-10H,1,5,11-14H2,2-3H3. The zero-order valence-corrected chi connectivity index (χ0v) is 17.9. The molecule has 4 rings (SSSR count). The molecule has 0 saturated heterocycles. The minimum absolute atomic E-state index is 0.0401. The van der Waals surface area contributed by atoms with Crippen molar-refractivity contribution in [3.05, 3.63) is 69.3 Å². The summed E-state index contributed by atoms with van der Waals surface area (Å²) >= 11 is 3.20. The van der Waals surface area contributed by atoms with Crippen LogP contribution in [-0.2, 0) is 30.1 Å². The van der Waals surface area contributed by atoms with Crippen molar-refractivity contribution < 1.29 is 4.74 Å². The first kappa shape index (κ1) is 19.4. The molecular weight excluding hydrogens is 388 g/mol. The van der Waals surface area contributed by atoms with E-state index in [0.717, 1.165) is 44.4 Å². The van der Waals surface area contributed by atoms with Crippen LogP contribution in [0.4, 0.5) is 0 Å². The van der Waals surface area contributed by atoms with Crippen molar-refractivity contribution in [2.24, 2.45) is 0 Å². The van der Waals surface area contributed by atoms with Gasteiger partial charge >= 0.3 is 0 Å². The van der Waals surface area contributed by atoms with Crippen molar-refractivity contribution in [3.63, 3.8) is 0 Å². The maximum atomic E-state index is 13.4. The summed E-state index contributed by atoms with van der Waals surface area (Å²) in [4.78, 5) is 20.3. The molecule has 0 radical (unpaired) electrons. The number of aromatic nitrogens is 2. The van der Waals surface area contributed by atoms with E-state index in [4.69, 9.17) is 9.72 Å². The van der Waals surface area contributed by atoms with E-state index in [1.165, 1.54) is 5.56 Å². The summed E-state index contributed by atoms with van der Waals surface area (Å²) in [6, 6.07) is 10.2. The maximum Gasteiger partial charge on any atom is 0.263 e. The second kappa shape index (κ2) is 7.85. The SMILES string of the molecule is C=CCn1c(SCc2ccccc2)nc2sc3c(c2c1=O)CC(C)(CC)OC3. The van der Waals surface area contributed by atoms with Gasteiger partial charge < -0.3 is 4.74 Å². The topological polar surface area (TPSA) is 44.1 Å². The number of thiophene rings is 1. The lowest BCUT2D eigenvalue weighted by atomic mass is 9.90. The Balaban J connectivity index is 1.78. The second-order valence-corrected chi connectivity index (χ2v) is 9.35. The molecule has 0 N–H and O–H groups in total. The molecule has 1 aliphatic heterocycles. The molecule has 3 heterocycles. The van der Waals surface area contributed by atoms with Gasteiger partial charge in [0.2, 0.25) is 0 Å². The third-order valence-corrected chi connectivity index (χ3v) is 7.48. The molecule has 0 bridgehead atoms. The Morgan fingerprint density at radius 3 is 2.89 bits per heavy atom. The summed E-state index contributed by atoms with van der Waals surface area (Å²) < 4.78 is 7.83. The maximum absolute atomic E-state index is 13.4. The minimum atomic E-state index is -0.211. The first-order valence-electron chi connectivity index (χ1n) is 9.51. The number of rotatable bonds is 6. The van der Waals surface area contributed by atoms with E-state index in [1.807, 2.05) is 18.2 Å². The monoisotopic (exact) mass is 412 g/mol. The Hall–Kier alpha value is -1.89. The van der Waals surface area contributed by atoms with Crippen LogP contribution in [0.15, 0.2) is 52.9 Å². The van der Waals surface area contributed by atoms with Crippen molar-refractivity contribution in [1.82, 2.24) is 9.55 Å².